The van der Waals surface area contributed by atoms with Crippen molar-refractivity contribution in [3.63, 3.8) is 0 Å². The summed E-state index contributed by atoms with van der Waals surface area (Å²) >= 11 is 0. The van der Waals surface area contributed by atoms with Crippen LogP contribution in [0.1, 0.15) is 77.6 Å². The van der Waals surface area contributed by atoms with Crippen LogP contribution in [0.5, 0.6) is 0 Å². The van der Waals surface area contributed by atoms with E-state index in [2.05, 4.69) is 6.92 Å². The highest BCUT2D eigenvalue weighted by atomic mass is 16.5. The number of hydrogen-bond acceptors (Lipinski definition) is 5. The third-order valence-electron chi connectivity index (χ3n) is 3.81. The fourth-order valence-electron chi connectivity index (χ4n) is 2.45. The summed E-state index contributed by atoms with van der Waals surface area (Å²) in [4.78, 5) is 0. The van der Waals surface area contributed by atoms with Crippen molar-refractivity contribution in [2.75, 3.05) is 33.0 Å². The maximum atomic E-state index is 9.77. The van der Waals surface area contributed by atoms with Crippen molar-refractivity contribution in [1.82, 2.24) is 6.15 Å². The van der Waals surface area contributed by atoms with Crippen LogP contribution >= 0.6 is 0 Å². The lowest BCUT2D eigenvalue weighted by Gasteiger charge is -2.11. The maximum Gasteiger partial charge on any atom is 0.0773 e. The molecular weight excluding hydrogens is 294 g/mol. The number of unbranched alkanes of at least 4 members (excludes halogenated alkanes) is 9. The standard InChI is InChI=1S/C18H38O4.H3N/c1-2-3-4-5-6-7-8-9-10-11-12-18(20)17-22-16-15-21-14-13-19;/h18-20H,2-17H2,1H3;1H3. The zero-order valence-electron chi connectivity index (χ0n) is 15.3. The lowest BCUT2D eigenvalue weighted by molar-refractivity contribution is -0.00465. The molecule has 142 valence electrons. The van der Waals surface area contributed by atoms with Crippen LogP contribution < -0.4 is 6.15 Å². The normalized spacial score (nSPS) is 12.1. The minimum Gasteiger partial charge on any atom is -0.394 e. The van der Waals surface area contributed by atoms with E-state index in [-0.39, 0.29) is 18.9 Å². The van der Waals surface area contributed by atoms with Gasteiger partial charge in [-0.3, -0.25) is 0 Å². The predicted octanol–water partition coefficient (Wildman–Crippen LogP) is 3.85. The van der Waals surface area contributed by atoms with Gasteiger partial charge in [0.15, 0.2) is 0 Å². The molecule has 0 heterocycles. The molecule has 0 bridgehead atoms. The molecule has 0 saturated heterocycles. The first kappa shape index (κ1) is 25.0. The highest BCUT2D eigenvalue weighted by Crippen LogP contribution is 2.12. The molecule has 0 aliphatic rings. The van der Waals surface area contributed by atoms with Gasteiger partial charge in [-0.1, -0.05) is 71.1 Å². The molecule has 0 aromatic heterocycles. The van der Waals surface area contributed by atoms with E-state index in [1.54, 1.807) is 0 Å². The van der Waals surface area contributed by atoms with Crippen molar-refractivity contribution in [3.8, 4) is 0 Å². The van der Waals surface area contributed by atoms with Crippen LogP contribution in [0.4, 0.5) is 0 Å². The van der Waals surface area contributed by atoms with Crippen LogP contribution in [-0.4, -0.2) is 49.4 Å². The summed E-state index contributed by atoms with van der Waals surface area (Å²) < 4.78 is 10.4. The smallest absolute Gasteiger partial charge is 0.0773 e. The third-order valence-corrected chi connectivity index (χ3v) is 3.81. The zero-order valence-corrected chi connectivity index (χ0v) is 15.3. The van der Waals surface area contributed by atoms with Gasteiger partial charge in [0.25, 0.3) is 0 Å². The minimum atomic E-state index is -0.355. The minimum absolute atomic E-state index is 0. The third kappa shape index (κ3) is 21.8. The molecule has 0 amide bonds. The van der Waals surface area contributed by atoms with Crippen molar-refractivity contribution in [3.05, 3.63) is 0 Å². The molecule has 1 atom stereocenters. The Morgan fingerprint density at radius 1 is 0.739 bits per heavy atom. The summed E-state index contributed by atoms with van der Waals surface area (Å²) in [7, 11) is 0. The second-order valence-electron chi connectivity index (χ2n) is 6.04. The van der Waals surface area contributed by atoms with Crippen molar-refractivity contribution >= 4 is 0 Å². The lowest BCUT2D eigenvalue weighted by Crippen LogP contribution is -2.17. The first-order valence-electron chi connectivity index (χ1n) is 9.25. The largest absolute Gasteiger partial charge is 0.394 e. The Morgan fingerprint density at radius 3 is 1.83 bits per heavy atom. The molecule has 1 unspecified atom stereocenters. The van der Waals surface area contributed by atoms with Gasteiger partial charge in [0.1, 0.15) is 0 Å². The fraction of sp³-hybridized carbons (Fsp3) is 1.00. The van der Waals surface area contributed by atoms with Gasteiger partial charge in [-0.15, -0.1) is 0 Å². The van der Waals surface area contributed by atoms with Crippen molar-refractivity contribution in [2.24, 2.45) is 0 Å². The Labute approximate surface area is 143 Å². The highest BCUT2D eigenvalue weighted by molar-refractivity contribution is 4.55. The van der Waals surface area contributed by atoms with Crippen LogP contribution in [0, 0.1) is 0 Å². The summed E-state index contributed by atoms with van der Waals surface area (Å²) in [6.07, 6.45) is 13.6. The predicted molar refractivity (Wildman–Crippen MR) is 96.2 cm³/mol. The fourth-order valence-corrected chi connectivity index (χ4v) is 2.45. The van der Waals surface area contributed by atoms with E-state index in [9.17, 15) is 5.11 Å². The SMILES string of the molecule is CCCCCCCCCCCCC(O)COCCOCCO.N. The molecule has 5 nitrogen and oxygen atoms in total. The van der Waals surface area contributed by atoms with E-state index in [1.807, 2.05) is 0 Å². The second kappa shape index (κ2) is 21.8. The van der Waals surface area contributed by atoms with E-state index in [4.69, 9.17) is 14.6 Å². The Kier molecular flexibility index (Phi) is 23.7. The lowest BCUT2D eigenvalue weighted by atomic mass is 10.0. The van der Waals surface area contributed by atoms with Crippen molar-refractivity contribution in [1.29, 1.82) is 0 Å². The first-order chi connectivity index (χ1) is 10.8. The summed E-state index contributed by atoms with van der Waals surface area (Å²) in [6.45, 7) is 4.00. The molecule has 0 aliphatic carbocycles. The van der Waals surface area contributed by atoms with Crippen LogP contribution in [-0.2, 0) is 9.47 Å². The van der Waals surface area contributed by atoms with Crippen LogP contribution in [0.2, 0.25) is 0 Å². The first-order valence-corrected chi connectivity index (χ1v) is 9.25. The summed E-state index contributed by atoms with van der Waals surface area (Å²) in [5, 5.41) is 18.3. The topological polar surface area (TPSA) is 93.9 Å². The van der Waals surface area contributed by atoms with E-state index < -0.39 is 0 Å². The van der Waals surface area contributed by atoms with Gasteiger partial charge in [-0.25, -0.2) is 0 Å². The van der Waals surface area contributed by atoms with E-state index in [0.29, 0.717) is 26.4 Å². The Morgan fingerprint density at radius 2 is 1.26 bits per heavy atom. The molecule has 0 aliphatic heterocycles. The summed E-state index contributed by atoms with van der Waals surface area (Å²) in [6, 6.07) is 0. The molecular formula is C18H41NO4. The van der Waals surface area contributed by atoms with Crippen molar-refractivity contribution < 1.29 is 19.7 Å². The molecule has 5 heteroatoms. The average molecular weight is 336 g/mol. The summed E-state index contributed by atoms with van der Waals surface area (Å²) in [5.74, 6) is 0. The molecule has 0 aromatic rings. The molecule has 23 heavy (non-hydrogen) atoms. The van der Waals surface area contributed by atoms with Crippen molar-refractivity contribution in [2.45, 2.75) is 83.7 Å². The van der Waals surface area contributed by atoms with E-state index in [0.717, 1.165) is 12.8 Å². The highest BCUT2D eigenvalue weighted by Gasteiger charge is 2.03. The zero-order chi connectivity index (χ0) is 16.3. The molecule has 0 saturated carbocycles. The van der Waals surface area contributed by atoms with E-state index in [1.165, 1.54) is 57.8 Å². The van der Waals surface area contributed by atoms with Gasteiger partial charge in [-0.2, -0.15) is 0 Å². The van der Waals surface area contributed by atoms with Gasteiger partial charge in [0.2, 0.25) is 0 Å². The van der Waals surface area contributed by atoms with Gasteiger partial charge in [0.05, 0.1) is 39.1 Å². The van der Waals surface area contributed by atoms with Crippen LogP contribution in [0.25, 0.3) is 0 Å². The molecule has 0 spiro atoms. The average Bonchev–Trinajstić information content (AvgIpc) is 2.52. The molecule has 0 aromatic carbocycles. The number of rotatable bonds is 18. The van der Waals surface area contributed by atoms with Gasteiger partial charge < -0.3 is 25.8 Å². The second-order valence-corrected chi connectivity index (χ2v) is 6.04. The monoisotopic (exact) mass is 335 g/mol. The van der Waals surface area contributed by atoms with Crippen LogP contribution in [0.15, 0.2) is 0 Å². The quantitative estimate of drug-likeness (QED) is 0.331. The number of aliphatic hydroxyl groups is 2. The maximum absolute atomic E-state index is 9.77. The van der Waals surface area contributed by atoms with E-state index >= 15 is 0 Å². The number of ether oxygens (including phenoxy) is 2. The number of aliphatic hydroxyl groups excluding tert-OH is 2. The van der Waals surface area contributed by atoms with Gasteiger partial charge >= 0.3 is 0 Å². The Bertz CT molecular complexity index is 205. The van der Waals surface area contributed by atoms with Gasteiger partial charge in [0, 0.05) is 0 Å². The summed E-state index contributed by atoms with van der Waals surface area (Å²) in [5.41, 5.74) is 0. The molecule has 0 rings (SSSR count). The number of hydrogen-bond donors (Lipinski definition) is 3. The molecule has 5 N–H and O–H groups in total. The Balaban J connectivity index is 0. The molecule has 0 fully saturated rings. The Hall–Kier alpha value is -0.200. The van der Waals surface area contributed by atoms with Gasteiger partial charge in [-0.05, 0) is 6.42 Å². The molecule has 0 radical (unpaired) electrons. The van der Waals surface area contributed by atoms with Crippen LogP contribution in [0.3, 0.4) is 0 Å².